The van der Waals surface area contributed by atoms with Crippen molar-refractivity contribution in [2.45, 2.75) is 6.92 Å². The molecular weight excluding hydrogens is 336 g/mol. The van der Waals surface area contributed by atoms with E-state index in [0.717, 1.165) is 0 Å². The van der Waals surface area contributed by atoms with Crippen LogP contribution in [-0.4, -0.2) is 39.7 Å². The normalized spacial score (nSPS) is 10.0. The highest BCUT2D eigenvalue weighted by Gasteiger charge is 2.18. The first kappa shape index (κ1) is 19.1. The molecule has 0 aromatic heterocycles. The molecule has 0 unspecified atom stereocenters. The first-order valence-corrected chi connectivity index (χ1v) is 7.92. The zero-order valence-electron chi connectivity index (χ0n) is 15.2. The zero-order chi connectivity index (χ0) is 19.1. The maximum absolute atomic E-state index is 12.3. The van der Waals surface area contributed by atoms with Gasteiger partial charge in [-0.05, 0) is 36.4 Å². The number of anilines is 2. The highest BCUT2D eigenvalue weighted by atomic mass is 16.5. The largest absolute Gasteiger partial charge is 0.497 e. The van der Waals surface area contributed by atoms with Crippen molar-refractivity contribution < 1.29 is 23.8 Å². The molecule has 0 bridgehead atoms. The summed E-state index contributed by atoms with van der Waals surface area (Å²) in [5.74, 6) is 1.13. The number of ether oxygens (including phenoxy) is 3. The van der Waals surface area contributed by atoms with Crippen LogP contribution in [0.1, 0.15) is 6.92 Å². The van der Waals surface area contributed by atoms with E-state index in [2.05, 4.69) is 5.32 Å². The van der Waals surface area contributed by atoms with E-state index >= 15 is 0 Å². The Kier molecular flexibility index (Phi) is 6.43. The Bertz CT molecular complexity index is 774. The Labute approximate surface area is 152 Å². The number of nitrogens with zero attached hydrogens (tertiary/aromatic N) is 1. The van der Waals surface area contributed by atoms with Crippen molar-refractivity contribution in [3.8, 4) is 17.2 Å². The fourth-order valence-corrected chi connectivity index (χ4v) is 2.40. The minimum Gasteiger partial charge on any atom is -0.497 e. The number of nitrogens with one attached hydrogen (secondary N) is 1. The van der Waals surface area contributed by atoms with E-state index in [9.17, 15) is 9.59 Å². The van der Waals surface area contributed by atoms with Crippen molar-refractivity contribution in [1.82, 2.24) is 0 Å². The molecule has 2 rings (SSSR count). The topological polar surface area (TPSA) is 77.1 Å². The van der Waals surface area contributed by atoms with Crippen LogP contribution in [0.15, 0.2) is 42.5 Å². The fourth-order valence-electron chi connectivity index (χ4n) is 2.40. The van der Waals surface area contributed by atoms with Gasteiger partial charge in [0.25, 0.3) is 0 Å². The van der Waals surface area contributed by atoms with Crippen LogP contribution in [0.2, 0.25) is 0 Å². The summed E-state index contributed by atoms with van der Waals surface area (Å²) in [6.45, 7) is 1.27. The van der Waals surface area contributed by atoms with Gasteiger partial charge in [0, 0.05) is 24.4 Å². The average Bonchev–Trinajstić information content (AvgIpc) is 2.66. The summed E-state index contributed by atoms with van der Waals surface area (Å²) in [6.07, 6.45) is 0. The molecule has 1 N–H and O–H groups in total. The Balaban J connectivity index is 2.14. The lowest BCUT2D eigenvalue weighted by Crippen LogP contribution is -2.36. The Morgan fingerprint density at radius 2 is 1.58 bits per heavy atom. The van der Waals surface area contributed by atoms with Crippen LogP contribution in [-0.2, 0) is 9.59 Å². The lowest BCUT2D eigenvalue weighted by Gasteiger charge is -2.22. The van der Waals surface area contributed by atoms with E-state index in [1.54, 1.807) is 49.6 Å². The number of rotatable bonds is 7. The number of carbonyl (C=O) groups excluding carboxylic acids is 2. The van der Waals surface area contributed by atoms with E-state index < -0.39 is 0 Å². The molecule has 0 heterocycles. The molecule has 0 fully saturated rings. The molecule has 138 valence electrons. The van der Waals surface area contributed by atoms with Gasteiger partial charge in [0.15, 0.2) is 11.5 Å². The number of hydrogen-bond acceptors (Lipinski definition) is 5. The van der Waals surface area contributed by atoms with Crippen molar-refractivity contribution in [1.29, 1.82) is 0 Å². The molecular formula is C19H22N2O5. The minimum absolute atomic E-state index is 0.128. The molecule has 0 saturated carbocycles. The predicted molar refractivity (Wildman–Crippen MR) is 99.2 cm³/mol. The smallest absolute Gasteiger partial charge is 0.244 e. The van der Waals surface area contributed by atoms with Gasteiger partial charge in [-0.2, -0.15) is 0 Å². The molecule has 7 nitrogen and oxygen atoms in total. The molecule has 0 radical (unpaired) electrons. The maximum atomic E-state index is 12.3. The molecule has 0 aliphatic heterocycles. The maximum Gasteiger partial charge on any atom is 0.244 e. The Hall–Kier alpha value is -3.22. The van der Waals surface area contributed by atoms with Gasteiger partial charge in [0.1, 0.15) is 12.3 Å². The second-order valence-electron chi connectivity index (χ2n) is 5.42. The second-order valence-corrected chi connectivity index (χ2v) is 5.42. The lowest BCUT2D eigenvalue weighted by atomic mass is 10.2. The fraction of sp³-hybridized carbons (Fsp3) is 0.263. The summed E-state index contributed by atoms with van der Waals surface area (Å²) in [6, 6.07) is 12.0. The molecule has 2 aromatic carbocycles. The highest BCUT2D eigenvalue weighted by Crippen LogP contribution is 2.31. The van der Waals surface area contributed by atoms with Crippen molar-refractivity contribution in [3.63, 3.8) is 0 Å². The van der Waals surface area contributed by atoms with Gasteiger partial charge >= 0.3 is 0 Å². The van der Waals surface area contributed by atoms with Crippen LogP contribution in [0.5, 0.6) is 17.2 Å². The minimum atomic E-state index is -0.319. The summed E-state index contributed by atoms with van der Waals surface area (Å²) in [5.41, 5.74) is 1.16. The van der Waals surface area contributed by atoms with Gasteiger partial charge in [-0.1, -0.05) is 0 Å². The molecule has 2 amide bonds. The van der Waals surface area contributed by atoms with Crippen molar-refractivity contribution in [2.24, 2.45) is 0 Å². The standard InChI is InChI=1S/C19H22N2O5/c1-13(22)21(15-7-10-17(25-3)18(11-15)26-4)12-19(23)20-14-5-8-16(24-2)9-6-14/h5-11H,12H2,1-4H3,(H,20,23). The summed E-state index contributed by atoms with van der Waals surface area (Å²) in [5, 5.41) is 2.76. The Morgan fingerprint density at radius 1 is 0.923 bits per heavy atom. The van der Waals surface area contributed by atoms with E-state index in [-0.39, 0.29) is 18.4 Å². The van der Waals surface area contributed by atoms with E-state index in [0.29, 0.717) is 28.6 Å². The van der Waals surface area contributed by atoms with Crippen LogP contribution in [0.25, 0.3) is 0 Å². The van der Waals surface area contributed by atoms with Crippen LogP contribution < -0.4 is 24.4 Å². The molecule has 0 aliphatic rings. The Morgan fingerprint density at radius 3 is 2.12 bits per heavy atom. The number of hydrogen-bond donors (Lipinski definition) is 1. The molecule has 26 heavy (non-hydrogen) atoms. The molecule has 0 atom stereocenters. The van der Waals surface area contributed by atoms with Crippen LogP contribution >= 0.6 is 0 Å². The van der Waals surface area contributed by atoms with Gasteiger partial charge in [0.2, 0.25) is 11.8 Å². The van der Waals surface area contributed by atoms with Crippen LogP contribution in [0.4, 0.5) is 11.4 Å². The van der Waals surface area contributed by atoms with E-state index in [1.165, 1.54) is 26.0 Å². The summed E-state index contributed by atoms with van der Waals surface area (Å²) in [7, 11) is 4.61. The zero-order valence-corrected chi connectivity index (χ0v) is 15.2. The van der Waals surface area contributed by atoms with Gasteiger partial charge in [-0.3, -0.25) is 9.59 Å². The molecule has 2 aromatic rings. The van der Waals surface area contributed by atoms with Gasteiger partial charge < -0.3 is 24.4 Å². The first-order valence-electron chi connectivity index (χ1n) is 7.92. The van der Waals surface area contributed by atoms with Crippen molar-refractivity contribution in [3.05, 3.63) is 42.5 Å². The quantitative estimate of drug-likeness (QED) is 0.823. The van der Waals surface area contributed by atoms with Crippen molar-refractivity contribution in [2.75, 3.05) is 38.1 Å². The molecule has 0 saturated heterocycles. The number of benzene rings is 2. The van der Waals surface area contributed by atoms with Crippen LogP contribution in [0.3, 0.4) is 0 Å². The highest BCUT2D eigenvalue weighted by molar-refractivity contribution is 6.02. The monoisotopic (exact) mass is 358 g/mol. The third-order valence-electron chi connectivity index (χ3n) is 3.73. The van der Waals surface area contributed by atoms with E-state index in [1.807, 2.05) is 0 Å². The average molecular weight is 358 g/mol. The van der Waals surface area contributed by atoms with Crippen LogP contribution in [0, 0.1) is 0 Å². The summed E-state index contributed by atoms with van der Waals surface area (Å²) >= 11 is 0. The number of carbonyl (C=O) groups is 2. The second kappa shape index (κ2) is 8.75. The third-order valence-corrected chi connectivity index (χ3v) is 3.73. The molecule has 0 spiro atoms. The summed E-state index contributed by atoms with van der Waals surface area (Å²) in [4.78, 5) is 25.7. The van der Waals surface area contributed by atoms with Gasteiger partial charge in [0.05, 0.1) is 21.3 Å². The SMILES string of the molecule is COc1ccc(NC(=O)CN(C(C)=O)c2ccc(OC)c(OC)c2)cc1. The number of methoxy groups -OCH3 is 3. The van der Waals surface area contributed by atoms with Gasteiger partial charge in [-0.15, -0.1) is 0 Å². The van der Waals surface area contributed by atoms with Crippen molar-refractivity contribution >= 4 is 23.2 Å². The number of amides is 2. The molecule has 0 aliphatic carbocycles. The lowest BCUT2D eigenvalue weighted by molar-refractivity contribution is -0.120. The summed E-state index contributed by atoms with van der Waals surface area (Å²) < 4.78 is 15.5. The van der Waals surface area contributed by atoms with Gasteiger partial charge in [-0.25, -0.2) is 0 Å². The molecule has 7 heteroatoms. The third kappa shape index (κ3) is 4.66. The van der Waals surface area contributed by atoms with E-state index in [4.69, 9.17) is 14.2 Å². The first-order chi connectivity index (χ1) is 12.5. The predicted octanol–water partition coefficient (Wildman–Crippen LogP) is 2.70.